The van der Waals surface area contributed by atoms with E-state index >= 15 is 0 Å². The Balaban J connectivity index is 2.65. The zero-order valence-electron chi connectivity index (χ0n) is 8.12. The Bertz CT molecular complexity index is 548. The van der Waals surface area contributed by atoms with Crippen LogP contribution in [-0.4, -0.2) is 9.97 Å². The fourth-order valence-electron chi connectivity index (χ4n) is 1.47. The lowest BCUT2D eigenvalue weighted by Gasteiger charge is -2.03. The lowest BCUT2D eigenvalue weighted by Crippen LogP contribution is -2.09. The number of nitrogens with one attached hydrogen (secondary N) is 1. The molecule has 1 heterocycles. The van der Waals surface area contributed by atoms with Gasteiger partial charge in [0.25, 0.3) is 5.56 Å². The summed E-state index contributed by atoms with van der Waals surface area (Å²) in [5.74, 6) is -0.309. The van der Waals surface area contributed by atoms with Gasteiger partial charge in [-0.1, -0.05) is 6.07 Å². The van der Waals surface area contributed by atoms with Crippen molar-refractivity contribution in [3.63, 3.8) is 0 Å². The first-order valence-corrected chi connectivity index (χ1v) is 4.47. The highest BCUT2D eigenvalue weighted by molar-refractivity contribution is 5.65. The molecule has 0 atom stereocenters. The molecular weight excluding hydrogens is 195 g/mol. The molecule has 0 aliphatic rings. The van der Waals surface area contributed by atoms with Gasteiger partial charge in [0.2, 0.25) is 0 Å². The topological polar surface area (TPSA) is 45.8 Å². The van der Waals surface area contributed by atoms with Gasteiger partial charge in [-0.2, -0.15) is 0 Å². The first-order valence-electron chi connectivity index (χ1n) is 4.47. The minimum absolute atomic E-state index is 0.222. The molecule has 0 bridgehead atoms. The molecule has 4 heteroatoms. The Morgan fingerprint density at radius 2 is 2.13 bits per heavy atom. The molecule has 1 aromatic heterocycles. The fraction of sp³-hybridized carbons (Fsp3) is 0.0909. The predicted molar refractivity (Wildman–Crippen MR) is 55.0 cm³/mol. The molecule has 0 saturated heterocycles. The minimum atomic E-state index is -0.309. The standard InChI is InChI=1S/C11H9FN2O/c1-7-4-8(12)2-3-9(7)10-5-13-6-14-11(10)15/h2-6H,1H3,(H,13,14,15). The third kappa shape index (κ3) is 1.79. The summed E-state index contributed by atoms with van der Waals surface area (Å²) in [5, 5.41) is 0. The lowest BCUT2D eigenvalue weighted by molar-refractivity contribution is 0.627. The molecule has 1 aromatic carbocycles. The SMILES string of the molecule is Cc1cc(F)ccc1-c1cnc[nH]c1=O. The molecule has 2 aromatic rings. The zero-order valence-corrected chi connectivity index (χ0v) is 8.12. The molecule has 0 saturated carbocycles. The molecule has 0 aliphatic heterocycles. The second-order valence-electron chi connectivity index (χ2n) is 3.25. The van der Waals surface area contributed by atoms with Crippen molar-refractivity contribution in [1.29, 1.82) is 0 Å². The number of aromatic nitrogens is 2. The van der Waals surface area contributed by atoms with E-state index < -0.39 is 0 Å². The maximum absolute atomic E-state index is 12.9. The van der Waals surface area contributed by atoms with Gasteiger partial charge in [0.05, 0.1) is 11.9 Å². The van der Waals surface area contributed by atoms with Crippen LogP contribution < -0.4 is 5.56 Å². The van der Waals surface area contributed by atoms with Crippen molar-refractivity contribution < 1.29 is 4.39 Å². The van der Waals surface area contributed by atoms with Crippen molar-refractivity contribution in [2.75, 3.05) is 0 Å². The van der Waals surface area contributed by atoms with E-state index in [9.17, 15) is 9.18 Å². The lowest BCUT2D eigenvalue weighted by atomic mass is 10.0. The van der Waals surface area contributed by atoms with Gasteiger partial charge < -0.3 is 4.98 Å². The number of rotatable bonds is 1. The first-order chi connectivity index (χ1) is 7.18. The predicted octanol–water partition coefficient (Wildman–Crippen LogP) is 1.88. The Hall–Kier alpha value is -1.97. The molecule has 3 nitrogen and oxygen atoms in total. The summed E-state index contributed by atoms with van der Waals surface area (Å²) in [6.07, 6.45) is 2.80. The highest BCUT2D eigenvalue weighted by Gasteiger charge is 2.06. The molecular formula is C11H9FN2O. The van der Waals surface area contributed by atoms with E-state index in [4.69, 9.17) is 0 Å². The average Bonchev–Trinajstić information content (AvgIpc) is 2.20. The van der Waals surface area contributed by atoms with Gasteiger partial charge in [-0.15, -0.1) is 0 Å². The minimum Gasteiger partial charge on any atom is -0.313 e. The summed E-state index contributed by atoms with van der Waals surface area (Å²) in [5.41, 5.74) is 1.65. The van der Waals surface area contributed by atoms with Crippen LogP contribution in [0, 0.1) is 12.7 Å². The second-order valence-corrected chi connectivity index (χ2v) is 3.25. The molecule has 0 fully saturated rings. The smallest absolute Gasteiger partial charge is 0.258 e. The number of hydrogen-bond acceptors (Lipinski definition) is 2. The Morgan fingerprint density at radius 1 is 1.33 bits per heavy atom. The largest absolute Gasteiger partial charge is 0.313 e. The van der Waals surface area contributed by atoms with Crippen LogP contribution >= 0.6 is 0 Å². The molecule has 0 spiro atoms. The number of H-pyrrole nitrogens is 1. The number of hydrogen-bond donors (Lipinski definition) is 1. The number of halogens is 1. The van der Waals surface area contributed by atoms with E-state index in [1.54, 1.807) is 13.0 Å². The third-order valence-electron chi connectivity index (χ3n) is 2.20. The molecule has 2 rings (SSSR count). The van der Waals surface area contributed by atoms with Crippen LogP contribution in [0.15, 0.2) is 35.5 Å². The Kier molecular flexibility index (Phi) is 2.33. The Labute approximate surface area is 85.6 Å². The summed E-state index contributed by atoms with van der Waals surface area (Å²) in [4.78, 5) is 17.8. The molecule has 0 aliphatic carbocycles. The summed E-state index contributed by atoms with van der Waals surface area (Å²) in [6.45, 7) is 1.75. The quantitative estimate of drug-likeness (QED) is 0.770. The van der Waals surface area contributed by atoms with Gasteiger partial charge in [-0.05, 0) is 30.2 Å². The van der Waals surface area contributed by atoms with Crippen LogP contribution in [-0.2, 0) is 0 Å². The Morgan fingerprint density at radius 3 is 2.80 bits per heavy atom. The van der Waals surface area contributed by atoms with Gasteiger partial charge in [-0.25, -0.2) is 9.37 Å². The maximum Gasteiger partial charge on any atom is 0.258 e. The van der Waals surface area contributed by atoms with Crippen molar-refractivity contribution in [1.82, 2.24) is 9.97 Å². The van der Waals surface area contributed by atoms with Crippen molar-refractivity contribution >= 4 is 0 Å². The average molecular weight is 204 g/mol. The monoisotopic (exact) mass is 204 g/mol. The summed E-state index contributed by atoms with van der Waals surface area (Å²) >= 11 is 0. The van der Waals surface area contributed by atoms with E-state index in [2.05, 4.69) is 9.97 Å². The molecule has 1 N–H and O–H groups in total. The fourth-order valence-corrected chi connectivity index (χ4v) is 1.47. The van der Waals surface area contributed by atoms with Crippen molar-refractivity contribution in [3.8, 4) is 11.1 Å². The summed E-state index contributed by atoms with van der Waals surface area (Å²) < 4.78 is 12.9. The number of aromatic amines is 1. The van der Waals surface area contributed by atoms with Crippen LogP contribution in [0.4, 0.5) is 4.39 Å². The molecule has 0 amide bonds. The van der Waals surface area contributed by atoms with Crippen LogP contribution in [0.3, 0.4) is 0 Å². The maximum atomic E-state index is 12.9. The van der Waals surface area contributed by atoms with E-state index in [1.807, 2.05) is 0 Å². The van der Waals surface area contributed by atoms with Crippen LogP contribution in [0.2, 0.25) is 0 Å². The zero-order chi connectivity index (χ0) is 10.8. The normalized spacial score (nSPS) is 10.3. The summed E-state index contributed by atoms with van der Waals surface area (Å²) in [7, 11) is 0. The first kappa shape index (κ1) is 9.58. The molecule has 15 heavy (non-hydrogen) atoms. The van der Waals surface area contributed by atoms with Crippen LogP contribution in [0.25, 0.3) is 11.1 Å². The van der Waals surface area contributed by atoms with Gasteiger partial charge in [0, 0.05) is 6.20 Å². The van der Waals surface area contributed by atoms with E-state index in [1.165, 1.54) is 24.7 Å². The van der Waals surface area contributed by atoms with E-state index in [-0.39, 0.29) is 11.4 Å². The second kappa shape index (κ2) is 3.65. The van der Waals surface area contributed by atoms with Crippen molar-refractivity contribution in [3.05, 3.63) is 52.5 Å². The molecule has 76 valence electrons. The third-order valence-corrected chi connectivity index (χ3v) is 2.20. The number of benzene rings is 1. The van der Waals surface area contributed by atoms with Crippen molar-refractivity contribution in [2.24, 2.45) is 0 Å². The van der Waals surface area contributed by atoms with E-state index in [0.29, 0.717) is 16.7 Å². The van der Waals surface area contributed by atoms with Crippen molar-refractivity contribution in [2.45, 2.75) is 6.92 Å². The molecule has 0 radical (unpaired) electrons. The summed E-state index contributed by atoms with van der Waals surface area (Å²) in [6, 6.07) is 4.30. The van der Waals surface area contributed by atoms with E-state index in [0.717, 1.165) is 0 Å². The van der Waals surface area contributed by atoms with Gasteiger partial charge in [0.1, 0.15) is 5.82 Å². The highest BCUT2D eigenvalue weighted by Crippen LogP contribution is 2.19. The van der Waals surface area contributed by atoms with Gasteiger partial charge >= 0.3 is 0 Å². The number of nitrogens with zero attached hydrogens (tertiary/aromatic N) is 1. The highest BCUT2D eigenvalue weighted by atomic mass is 19.1. The van der Waals surface area contributed by atoms with Gasteiger partial charge in [-0.3, -0.25) is 4.79 Å². The van der Waals surface area contributed by atoms with Gasteiger partial charge in [0.15, 0.2) is 0 Å². The molecule has 0 unspecified atom stereocenters. The van der Waals surface area contributed by atoms with Crippen LogP contribution in [0.1, 0.15) is 5.56 Å². The van der Waals surface area contributed by atoms with Crippen LogP contribution in [0.5, 0.6) is 0 Å². The number of aryl methyl sites for hydroxylation is 1.